The number of carbonyl (C=O) groups is 1. The summed E-state index contributed by atoms with van der Waals surface area (Å²) in [5, 5.41) is 11.6. The molecule has 2 aromatic rings. The van der Waals surface area contributed by atoms with Crippen molar-refractivity contribution in [2.24, 2.45) is 7.05 Å². The lowest BCUT2D eigenvalue weighted by Gasteiger charge is -1.97. The normalized spacial score (nSPS) is 10.8. The maximum atomic E-state index is 11.0. The van der Waals surface area contributed by atoms with E-state index in [0.29, 0.717) is 12.8 Å². The number of ketones is 1. The van der Waals surface area contributed by atoms with Gasteiger partial charge in [-0.25, -0.2) is 0 Å². The zero-order valence-corrected chi connectivity index (χ0v) is 10.3. The Morgan fingerprint density at radius 2 is 2.17 bits per heavy atom. The third kappa shape index (κ3) is 2.25. The molecule has 0 fully saturated rings. The zero-order valence-electron chi connectivity index (χ0n) is 10.3. The molecule has 0 atom stereocenters. The third-order valence-corrected chi connectivity index (χ3v) is 3.01. The average Bonchev–Trinajstić information content (AvgIpc) is 2.63. The minimum absolute atomic E-state index is 0.0813. The van der Waals surface area contributed by atoms with E-state index >= 15 is 0 Å². The fraction of sp³-hybridized carbons (Fsp3) is 0.308. The molecule has 0 aliphatic heterocycles. The Bertz CT molecular complexity index is 628. The predicted octanol–water partition coefficient (Wildman–Crippen LogP) is 2.61. The van der Waals surface area contributed by atoms with Crippen LogP contribution in [0.25, 0.3) is 10.9 Å². The molecule has 5 nitrogen and oxygen atoms in total. The SMILES string of the molecule is CC(=O)CCc1cn(C)c2ccc([N+](=O)[O-])cc12. The number of aromatic nitrogens is 1. The van der Waals surface area contributed by atoms with Crippen LogP contribution in [0.5, 0.6) is 0 Å². The minimum Gasteiger partial charge on any atom is -0.350 e. The summed E-state index contributed by atoms with van der Waals surface area (Å²) in [6, 6.07) is 4.81. The van der Waals surface area contributed by atoms with Gasteiger partial charge in [0.05, 0.1) is 4.92 Å². The summed E-state index contributed by atoms with van der Waals surface area (Å²) < 4.78 is 1.93. The summed E-state index contributed by atoms with van der Waals surface area (Å²) in [4.78, 5) is 21.4. The molecule has 94 valence electrons. The van der Waals surface area contributed by atoms with E-state index in [0.717, 1.165) is 16.5 Å². The summed E-state index contributed by atoms with van der Waals surface area (Å²) in [5.74, 6) is 0.123. The van der Waals surface area contributed by atoms with Gasteiger partial charge in [0, 0.05) is 42.7 Å². The number of fused-ring (bicyclic) bond motifs is 1. The molecule has 0 saturated carbocycles. The van der Waals surface area contributed by atoms with Gasteiger partial charge in [-0.15, -0.1) is 0 Å². The molecule has 1 aromatic heterocycles. The molecule has 0 amide bonds. The van der Waals surface area contributed by atoms with Crippen LogP contribution in [0.2, 0.25) is 0 Å². The van der Waals surface area contributed by atoms with Crippen molar-refractivity contribution in [3.05, 3.63) is 40.1 Å². The maximum Gasteiger partial charge on any atom is 0.270 e. The highest BCUT2D eigenvalue weighted by Gasteiger charge is 2.12. The summed E-state index contributed by atoms with van der Waals surface area (Å²) in [6.07, 6.45) is 3.01. The molecule has 1 heterocycles. The quantitative estimate of drug-likeness (QED) is 0.615. The first kappa shape index (κ1) is 12.3. The van der Waals surface area contributed by atoms with Crippen molar-refractivity contribution in [2.75, 3.05) is 0 Å². The zero-order chi connectivity index (χ0) is 13.3. The van der Waals surface area contributed by atoms with E-state index in [1.54, 1.807) is 19.1 Å². The minimum atomic E-state index is -0.402. The van der Waals surface area contributed by atoms with Gasteiger partial charge < -0.3 is 9.36 Å². The van der Waals surface area contributed by atoms with Crippen molar-refractivity contribution in [2.45, 2.75) is 19.8 Å². The molecule has 0 radical (unpaired) electrons. The van der Waals surface area contributed by atoms with Crippen molar-refractivity contribution in [3.63, 3.8) is 0 Å². The lowest BCUT2D eigenvalue weighted by Crippen LogP contribution is -1.93. The number of nitrogens with zero attached hydrogens (tertiary/aromatic N) is 2. The fourth-order valence-electron chi connectivity index (χ4n) is 2.09. The van der Waals surface area contributed by atoms with E-state index in [1.807, 2.05) is 17.8 Å². The van der Waals surface area contributed by atoms with Gasteiger partial charge in [-0.05, 0) is 25.0 Å². The van der Waals surface area contributed by atoms with Gasteiger partial charge in [0.1, 0.15) is 5.78 Å². The first-order valence-corrected chi connectivity index (χ1v) is 5.71. The second kappa shape index (κ2) is 4.60. The molecule has 0 saturated heterocycles. The van der Waals surface area contributed by atoms with E-state index in [-0.39, 0.29) is 11.5 Å². The average molecular weight is 246 g/mol. The number of benzene rings is 1. The highest BCUT2D eigenvalue weighted by atomic mass is 16.6. The number of Topliss-reactive ketones (excluding diaryl/α,β-unsaturated/α-hetero) is 1. The van der Waals surface area contributed by atoms with E-state index < -0.39 is 4.92 Å². The van der Waals surface area contributed by atoms with Gasteiger partial charge in [0.25, 0.3) is 5.69 Å². The molecule has 0 N–H and O–H groups in total. The van der Waals surface area contributed by atoms with Gasteiger partial charge >= 0.3 is 0 Å². The number of carbonyl (C=O) groups excluding carboxylic acids is 1. The summed E-state index contributed by atoms with van der Waals surface area (Å²) in [7, 11) is 1.89. The lowest BCUT2D eigenvalue weighted by atomic mass is 10.1. The van der Waals surface area contributed by atoms with E-state index in [9.17, 15) is 14.9 Å². The number of hydrogen-bond acceptors (Lipinski definition) is 3. The van der Waals surface area contributed by atoms with Crippen LogP contribution in [0.4, 0.5) is 5.69 Å². The number of non-ortho nitro benzene ring substituents is 1. The second-order valence-corrected chi connectivity index (χ2v) is 4.43. The third-order valence-electron chi connectivity index (χ3n) is 3.01. The summed E-state index contributed by atoms with van der Waals surface area (Å²) in [6.45, 7) is 1.55. The lowest BCUT2D eigenvalue weighted by molar-refractivity contribution is -0.384. The molecule has 0 aliphatic carbocycles. The number of hydrogen-bond donors (Lipinski definition) is 0. The van der Waals surface area contributed by atoms with Gasteiger partial charge in [-0.1, -0.05) is 0 Å². The Balaban J connectivity index is 2.49. The van der Waals surface area contributed by atoms with Crippen LogP contribution in [-0.2, 0) is 18.3 Å². The van der Waals surface area contributed by atoms with Gasteiger partial charge in [-0.2, -0.15) is 0 Å². The second-order valence-electron chi connectivity index (χ2n) is 4.43. The summed E-state index contributed by atoms with van der Waals surface area (Å²) >= 11 is 0. The Morgan fingerprint density at radius 3 is 2.78 bits per heavy atom. The Labute approximate surface area is 104 Å². The summed E-state index contributed by atoms with van der Waals surface area (Å²) in [5.41, 5.74) is 2.00. The molecule has 1 aromatic carbocycles. The number of nitro groups is 1. The first-order chi connectivity index (χ1) is 8.49. The van der Waals surface area contributed by atoms with Crippen LogP contribution in [0.1, 0.15) is 18.9 Å². The van der Waals surface area contributed by atoms with Crippen molar-refractivity contribution < 1.29 is 9.72 Å². The van der Waals surface area contributed by atoms with Crippen LogP contribution in [0, 0.1) is 10.1 Å². The Morgan fingerprint density at radius 1 is 1.44 bits per heavy atom. The topological polar surface area (TPSA) is 65.1 Å². The Kier molecular flexibility index (Phi) is 3.14. The van der Waals surface area contributed by atoms with E-state index in [2.05, 4.69) is 0 Å². The van der Waals surface area contributed by atoms with Gasteiger partial charge in [0.15, 0.2) is 0 Å². The van der Waals surface area contributed by atoms with E-state index in [1.165, 1.54) is 6.07 Å². The molecule has 2 rings (SSSR count). The van der Waals surface area contributed by atoms with Crippen molar-refractivity contribution in [1.29, 1.82) is 0 Å². The fourth-order valence-corrected chi connectivity index (χ4v) is 2.09. The highest BCUT2D eigenvalue weighted by Crippen LogP contribution is 2.26. The molecular weight excluding hydrogens is 232 g/mol. The van der Waals surface area contributed by atoms with Crippen molar-refractivity contribution in [1.82, 2.24) is 4.57 Å². The predicted molar refractivity (Wildman–Crippen MR) is 68.6 cm³/mol. The van der Waals surface area contributed by atoms with Gasteiger partial charge in [-0.3, -0.25) is 10.1 Å². The monoisotopic (exact) mass is 246 g/mol. The van der Waals surface area contributed by atoms with Crippen molar-refractivity contribution in [3.8, 4) is 0 Å². The molecular formula is C13H14N2O3. The molecule has 18 heavy (non-hydrogen) atoms. The number of aryl methyl sites for hydroxylation is 2. The molecule has 0 aliphatic rings. The van der Waals surface area contributed by atoms with Crippen LogP contribution >= 0.6 is 0 Å². The number of nitro benzene ring substituents is 1. The number of rotatable bonds is 4. The smallest absolute Gasteiger partial charge is 0.270 e. The Hall–Kier alpha value is -2.17. The van der Waals surface area contributed by atoms with Crippen LogP contribution in [0.15, 0.2) is 24.4 Å². The molecule has 0 unspecified atom stereocenters. The molecule has 5 heteroatoms. The van der Waals surface area contributed by atoms with Crippen LogP contribution in [0.3, 0.4) is 0 Å². The standard InChI is InChI=1S/C13H14N2O3/c1-9(16)3-4-10-8-14(2)13-6-5-11(15(17)18)7-12(10)13/h5-8H,3-4H2,1-2H3. The highest BCUT2D eigenvalue weighted by molar-refractivity contribution is 5.86. The van der Waals surface area contributed by atoms with E-state index in [4.69, 9.17) is 0 Å². The molecule has 0 spiro atoms. The van der Waals surface area contributed by atoms with Crippen LogP contribution < -0.4 is 0 Å². The van der Waals surface area contributed by atoms with Crippen LogP contribution in [-0.4, -0.2) is 15.3 Å². The molecule has 0 bridgehead atoms. The van der Waals surface area contributed by atoms with Crippen molar-refractivity contribution >= 4 is 22.4 Å². The maximum absolute atomic E-state index is 11.0. The largest absolute Gasteiger partial charge is 0.350 e. The van der Waals surface area contributed by atoms with Gasteiger partial charge in [0.2, 0.25) is 0 Å². The first-order valence-electron chi connectivity index (χ1n) is 5.71.